The third-order valence-electron chi connectivity index (χ3n) is 3.01. The number of ether oxygens (including phenoxy) is 2. The molecule has 1 aliphatic rings. The van der Waals surface area contributed by atoms with Gasteiger partial charge in [-0.1, -0.05) is 42.1 Å². The first kappa shape index (κ1) is 15.6. The molecule has 3 nitrogen and oxygen atoms in total. The molecule has 0 saturated carbocycles. The zero-order chi connectivity index (χ0) is 12.3. The molecule has 1 atom stereocenters. The lowest BCUT2D eigenvalue weighted by Gasteiger charge is -2.14. The van der Waals surface area contributed by atoms with Crippen molar-refractivity contribution in [3.8, 4) is 11.5 Å². The van der Waals surface area contributed by atoms with Gasteiger partial charge in [0.25, 0.3) is 0 Å². The molecule has 0 spiro atoms. The van der Waals surface area contributed by atoms with Gasteiger partial charge in [0.15, 0.2) is 11.5 Å². The zero-order valence-corrected chi connectivity index (χ0v) is 12.9. The van der Waals surface area contributed by atoms with Gasteiger partial charge in [-0.05, 0) is 24.1 Å². The molecule has 18 heavy (non-hydrogen) atoms. The fourth-order valence-corrected chi connectivity index (χ4v) is 2.60. The van der Waals surface area contributed by atoms with E-state index in [-0.39, 0.29) is 18.4 Å². The van der Waals surface area contributed by atoms with Gasteiger partial charge in [-0.2, -0.15) is 0 Å². The van der Waals surface area contributed by atoms with Gasteiger partial charge in [0.1, 0.15) is 0 Å². The van der Waals surface area contributed by atoms with Crippen LogP contribution in [0.2, 0.25) is 0 Å². The maximum atomic E-state index is 6.20. The number of fused-ring (bicyclic) bond motifs is 1. The summed E-state index contributed by atoms with van der Waals surface area (Å²) >= 11 is 3.54. The summed E-state index contributed by atoms with van der Waals surface area (Å²) in [4.78, 5) is 0. The Morgan fingerprint density at radius 1 is 1.28 bits per heavy atom. The monoisotopic (exact) mass is 335 g/mol. The van der Waals surface area contributed by atoms with Crippen LogP contribution in [-0.2, 0) is 0 Å². The molecule has 2 N–H and O–H groups in total. The molecule has 0 saturated heterocycles. The molecule has 1 heterocycles. The van der Waals surface area contributed by atoms with Crippen LogP contribution in [0.4, 0.5) is 0 Å². The van der Waals surface area contributed by atoms with Crippen molar-refractivity contribution in [2.24, 2.45) is 5.73 Å². The summed E-state index contributed by atoms with van der Waals surface area (Å²) in [5.74, 6) is 1.59. The van der Waals surface area contributed by atoms with E-state index in [9.17, 15) is 0 Å². The average Bonchev–Trinajstić information content (AvgIpc) is 2.75. The summed E-state index contributed by atoms with van der Waals surface area (Å²) in [5.41, 5.74) is 7.31. The molecule has 0 aliphatic carbocycles. The Morgan fingerprint density at radius 3 is 2.61 bits per heavy atom. The number of unbranched alkanes of at least 4 members (excludes halogenated alkanes) is 2. The Hall–Kier alpha value is -0.450. The van der Waals surface area contributed by atoms with Gasteiger partial charge >= 0.3 is 0 Å². The summed E-state index contributed by atoms with van der Waals surface area (Å²) in [6.45, 7) is 2.50. The normalized spacial score (nSPS) is 14.2. The predicted molar refractivity (Wildman–Crippen MR) is 78.6 cm³/mol. The van der Waals surface area contributed by atoms with Crippen LogP contribution in [-0.4, -0.2) is 6.79 Å². The highest BCUT2D eigenvalue weighted by Gasteiger charge is 2.19. The van der Waals surface area contributed by atoms with E-state index in [0.717, 1.165) is 28.0 Å². The molecule has 0 fully saturated rings. The summed E-state index contributed by atoms with van der Waals surface area (Å²) in [5, 5.41) is 0. The first-order chi connectivity index (χ1) is 8.22. The lowest BCUT2D eigenvalue weighted by Crippen LogP contribution is -2.10. The van der Waals surface area contributed by atoms with E-state index >= 15 is 0 Å². The number of hydrogen-bond acceptors (Lipinski definition) is 3. The van der Waals surface area contributed by atoms with Gasteiger partial charge in [-0.15, -0.1) is 12.4 Å². The van der Waals surface area contributed by atoms with E-state index in [1.807, 2.05) is 12.1 Å². The highest BCUT2D eigenvalue weighted by molar-refractivity contribution is 9.10. The van der Waals surface area contributed by atoms with Crippen molar-refractivity contribution in [2.75, 3.05) is 6.79 Å². The van der Waals surface area contributed by atoms with Gasteiger partial charge in [0.2, 0.25) is 6.79 Å². The van der Waals surface area contributed by atoms with Crippen LogP contribution < -0.4 is 15.2 Å². The summed E-state index contributed by atoms with van der Waals surface area (Å²) in [6.07, 6.45) is 4.62. The maximum absolute atomic E-state index is 6.20. The van der Waals surface area contributed by atoms with Crippen LogP contribution in [0.15, 0.2) is 16.6 Å². The van der Waals surface area contributed by atoms with Crippen molar-refractivity contribution in [3.05, 3.63) is 22.2 Å². The third kappa shape index (κ3) is 3.53. The molecular formula is C13H19BrClNO2. The molecule has 0 amide bonds. The molecule has 0 aromatic heterocycles. The SMILES string of the molecule is CCCCC[C@@H](N)c1cc2c(cc1Br)OCO2.Cl. The lowest BCUT2D eigenvalue weighted by molar-refractivity contribution is 0.174. The zero-order valence-electron chi connectivity index (χ0n) is 10.4. The molecule has 5 heteroatoms. The molecule has 1 aliphatic heterocycles. The summed E-state index contributed by atoms with van der Waals surface area (Å²) < 4.78 is 11.7. The van der Waals surface area contributed by atoms with Gasteiger partial charge in [-0.3, -0.25) is 0 Å². The van der Waals surface area contributed by atoms with E-state index < -0.39 is 0 Å². The molecule has 0 unspecified atom stereocenters. The molecule has 2 rings (SSSR count). The van der Waals surface area contributed by atoms with E-state index in [1.54, 1.807) is 0 Å². The van der Waals surface area contributed by atoms with Crippen LogP contribution in [0.5, 0.6) is 11.5 Å². The van der Waals surface area contributed by atoms with Crippen molar-refractivity contribution < 1.29 is 9.47 Å². The third-order valence-corrected chi connectivity index (χ3v) is 3.70. The molecule has 102 valence electrons. The Morgan fingerprint density at radius 2 is 1.94 bits per heavy atom. The van der Waals surface area contributed by atoms with E-state index in [2.05, 4.69) is 22.9 Å². The molecule has 0 bridgehead atoms. The maximum Gasteiger partial charge on any atom is 0.231 e. The quantitative estimate of drug-likeness (QED) is 0.820. The van der Waals surface area contributed by atoms with Crippen molar-refractivity contribution in [3.63, 3.8) is 0 Å². The van der Waals surface area contributed by atoms with E-state index in [0.29, 0.717) is 6.79 Å². The minimum Gasteiger partial charge on any atom is -0.454 e. The molecule has 1 aromatic rings. The Labute approximate surface area is 123 Å². The average molecular weight is 337 g/mol. The van der Waals surface area contributed by atoms with Gasteiger partial charge < -0.3 is 15.2 Å². The van der Waals surface area contributed by atoms with Crippen LogP contribution in [0.1, 0.15) is 44.2 Å². The number of hydrogen-bond donors (Lipinski definition) is 1. The number of benzene rings is 1. The topological polar surface area (TPSA) is 44.5 Å². The Balaban J connectivity index is 0.00000162. The fraction of sp³-hybridized carbons (Fsp3) is 0.538. The van der Waals surface area contributed by atoms with Crippen LogP contribution in [0.3, 0.4) is 0 Å². The highest BCUT2D eigenvalue weighted by Crippen LogP contribution is 2.39. The van der Waals surface area contributed by atoms with Crippen LogP contribution in [0.25, 0.3) is 0 Å². The van der Waals surface area contributed by atoms with E-state index in [1.165, 1.54) is 19.3 Å². The minimum atomic E-state index is 0. The Bertz CT molecular complexity index is 401. The standard InChI is InChI=1S/C13H18BrNO2.ClH/c1-2-3-4-5-11(15)9-6-12-13(7-10(9)14)17-8-16-12;/h6-7,11H,2-5,8,15H2,1H3;1H/t11-;/m1./s1. The smallest absolute Gasteiger partial charge is 0.231 e. The highest BCUT2D eigenvalue weighted by atomic mass is 79.9. The van der Waals surface area contributed by atoms with Crippen molar-refractivity contribution in [2.45, 2.75) is 38.6 Å². The second-order valence-corrected chi connectivity index (χ2v) is 5.18. The number of nitrogens with two attached hydrogens (primary N) is 1. The summed E-state index contributed by atoms with van der Waals surface area (Å²) in [7, 11) is 0. The van der Waals surface area contributed by atoms with Gasteiger partial charge in [-0.25, -0.2) is 0 Å². The van der Waals surface area contributed by atoms with Gasteiger partial charge in [0.05, 0.1) is 0 Å². The van der Waals surface area contributed by atoms with E-state index in [4.69, 9.17) is 15.2 Å². The van der Waals surface area contributed by atoms with Crippen molar-refractivity contribution in [1.29, 1.82) is 0 Å². The summed E-state index contributed by atoms with van der Waals surface area (Å²) in [6, 6.07) is 3.99. The molecule has 1 aromatic carbocycles. The number of halogens is 2. The fourth-order valence-electron chi connectivity index (χ4n) is 1.99. The van der Waals surface area contributed by atoms with Crippen molar-refractivity contribution in [1.82, 2.24) is 0 Å². The first-order valence-corrected chi connectivity index (χ1v) is 6.86. The second-order valence-electron chi connectivity index (χ2n) is 4.33. The first-order valence-electron chi connectivity index (χ1n) is 6.07. The van der Waals surface area contributed by atoms with Gasteiger partial charge in [0, 0.05) is 10.5 Å². The van der Waals surface area contributed by atoms with Crippen molar-refractivity contribution >= 4 is 28.3 Å². The minimum absolute atomic E-state index is 0. The van der Waals surface area contributed by atoms with Crippen LogP contribution in [0, 0.1) is 0 Å². The van der Waals surface area contributed by atoms with Crippen LogP contribution >= 0.6 is 28.3 Å². The molecular weight excluding hydrogens is 318 g/mol. The largest absolute Gasteiger partial charge is 0.454 e. The Kier molecular flexibility index (Phi) is 6.26. The molecule has 0 radical (unpaired) electrons. The lowest BCUT2D eigenvalue weighted by atomic mass is 10.0. The number of rotatable bonds is 5. The predicted octanol–water partition coefficient (Wildman–Crippen LogP) is 4.18. The second kappa shape index (κ2) is 7.22.